The van der Waals surface area contributed by atoms with E-state index in [2.05, 4.69) is 34.8 Å². The zero-order valence-electron chi connectivity index (χ0n) is 10.9. The summed E-state index contributed by atoms with van der Waals surface area (Å²) < 4.78 is 0.639. The van der Waals surface area contributed by atoms with Crippen molar-refractivity contribution in [2.24, 2.45) is 5.41 Å². The average molecular weight is 311 g/mol. The Morgan fingerprint density at radius 3 is 2.78 bits per heavy atom. The molecule has 1 aliphatic rings. The Bertz CT molecular complexity index is 443. The largest absolute Gasteiger partial charge is 0.338 e. The van der Waals surface area contributed by atoms with Gasteiger partial charge in [-0.2, -0.15) is 0 Å². The second kappa shape index (κ2) is 5.39. The number of halogens is 1. The summed E-state index contributed by atoms with van der Waals surface area (Å²) >= 11 is 3.35. The molecule has 0 N–H and O–H groups in total. The molecule has 1 amide bonds. The van der Waals surface area contributed by atoms with Gasteiger partial charge in [0.1, 0.15) is 4.60 Å². The second-order valence-electron chi connectivity index (χ2n) is 5.03. The van der Waals surface area contributed by atoms with Crippen molar-refractivity contribution in [3.63, 3.8) is 0 Å². The lowest BCUT2D eigenvalue weighted by Gasteiger charge is -2.26. The molecule has 0 unspecified atom stereocenters. The molecule has 18 heavy (non-hydrogen) atoms. The summed E-state index contributed by atoms with van der Waals surface area (Å²) in [5.41, 5.74) is 0.991. The zero-order chi connectivity index (χ0) is 13.2. The van der Waals surface area contributed by atoms with Crippen molar-refractivity contribution in [1.82, 2.24) is 9.88 Å². The summed E-state index contributed by atoms with van der Waals surface area (Å²) in [6, 6.07) is 3.64. The third kappa shape index (κ3) is 2.44. The molecule has 1 fully saturated rings. The normalized spacial score (nSPS) is 18.1. The number of hydrogen-bond donors (Lipinski definition) is 0. The number of hydrogen-bond acceptors (Lipinski definition) is 2. The topological polar surface area (TPSA) is 33.2 Å². The number of rotatable bonds is 3. The first-order chi connectivity index (χ1) is 8.62. The van der Waals surface area contributed by atoms with Crippen molar-refractivity contribution < 1.29 is 4.79 Å². The van der Waals surface area contributed by atoms with Gasteiger partial charge < -0.3 is 4.90 Å². The first-order valence-electron chi connectivity index (χ1n) is 6.51. The molecule has 1 saturated heterocycles. The molecular weight excluding hydrogens is 292 g/mol. The van der Waals surface area contributed by atoms with Crippen LogP contribution in [0.5, 0.6) is 0 Å². The SMILES string of the molecule is CCC1(CC)CCN(C(=O)c2cccnc2Br)C1. The van der Waals surface area contributed by atoms with Crippen LogP contribution in [0.2, 0.25) is 0 Å². The monoisotopic (exact) mass is 310 g/mol. The minimum Gasteiger partial charge on any atom is -0.338 e. The highest BCUT2D eigenvalue weighted by molar-refractivity contribution is 9.10. The second-order valence-corrected chi connectivity index (χ2v) is 5.78. The van der Waals surface area contributed by atoms with Crippen molar-refractivity contribution in [3.8, 4) is 0 Å². The van der Waals surface area contributed by atoms with E-state index in [9.17, 15) is 4.79 Å². The van der Waals surface area contributed by atoms with Crippen LogP contribution in [0.4, 0.5) is 0 Å². The fourth-order valence-corrected chi connectivity index (χ4v) is 3.07. The lowest BCUT2D eigenvalue weighted by Crippen LogP contribution is -2.32. The summed E-state index contributed by atoms with van der Waals surface area (Å²) in [4.78, 5) is 18.5. The number of carbonyl (C=O) groups excluding carboxylic acids is 1. The molecule has 0 atom stereocenters. The van der Waals surface area contributed by atoms with E-state index in [4.69, 9.17) is 0 Å². The minimum atomic E-state index is 0.0961. The highest BCUT2D eigenvalue weighted by atomic mass is 79.9. The number of carbonyl (C=O) groups is 1. The molecule has 98 valence electrons. The lowest BCUT2D eigenvalue weighted by atomic mass is 9.82. The van der Waals surface area contributed by atoms with E-state index in [1.165, 1.54) is 0 Å². The van der Waals surface area contributed by atoms with Gasteiger partial charge >= 0.3 is 0 Å². The quantitative estimate of drug-likeness (QED) is 0.801. The first kappa shape index (κ1) is 13.5. The molecule has 2 rings (SSSR count). The maximum absolute atomic E-state index is 12.4. The Hall–Kier alpha value is -0.900. The van der Waals surface area contributed by atoms with Crippen molar-refractivity contribution in [1.29, 1.82) is 0 Å². The van der Waals surface area contributed by atoms with E-state index < -0.39 is 0 Å². The van der Waals surface area contributed by atoms with Crippen LogP contribution < -0.4 is 0 Å². The molecule has 4 heteroatoms. The van der Waals surface area contributed by atoms with Crippen LogP contribution in [0, 0.1) is 5.41 Å². The van der Waals surface area contributed by atoms with E-state index in [0.29, 0.717) is 15.6 Å². The first-order valence-corrected chi connectivity index (χ1v) is 7.31. The van der Waals surface area contributed by atoms with Gasteiger partial charge in [0.2, 0.25) is 0 Å². The summed E-state index contributed by atoms with van der Waals surface area (Å²) in [7, 11) is 0. The summed E-state index contributed by atoms with van der Waals surface area (Å²) in [5, 5.41) is 0. The van der Waals surface area contributed by atoms with Gasteiger partial charge in [0.15, 0.2) is 0 Å². The third-order valence-corrected chi connectivity index (χ3v) is 4.85. The Balaban J connectivity index is 2.15. The number of aromatic nitrogens is 1. The van der Waals surface area contributed by atoms with E-state index in [1.54, 1.807) is 12.3 Å². The molecule has 3 nitrogen and oxygen atoms in total. The predicted octanol–water partition coefficient (Wildman–Crippen LogP) is 3.50. The molecule has 1 aromatic rings. The number of likely N-dealkylation sites (tertiary alicyclic amines) is 1. The zero-order valence-corrected chi connectivity index (χ0v) is 12.5. The molecule has 0 saturated carbocycles. The molecule has 2 heterocycles. The Labute approximate surface area is 117 Å². The molecule has 0 aromatic carbocycles. The van der Waals surface area contributed by atoms with Crippen LogP contribution in [0.1, 0.15) is 43.5 Å². The van der Waals surface area contributed by atoms with Crippen LogP contribution in [-0.4, -0.2) is 28.9 Å². The minimum absolute atomic E-state index is 0.0961. The van der Waals surface area contributed by atoms with Crippen LogP contribution in [0.3, 0.4) is 0 Å². The van der Waals surface area contributed by atoms with Gasteiger partial charge in [-0.25, -0.2) is 4.98 Å². The molecular formula is C14H19BrN2O. The lowest BCUT2D eigenvalue weighted by molar-refractivity contribution is 0.0768. The van der Waals surface area contributed by atoms with Crippen molar-refractivity contribution in [2.75, 3.05) is 13.1 Å². The van der Waals surface area contributed by atoms with E-state index >= 15 is 0 Å². The smallest absolute Gasteiger partial charge is 0.256 e. The summed E-state index contributed by atoms with van der Waals surface area (Å²) in [6.07, 6.45) is 5.08. The molecule has 1 aromatic heterocycles. The summed E-state index contributed by atoms with van der Waals surface area (Å²) in [6.45, 7) is 6.18. The maximum Gasteiger partial charge on any atom is 0.256 e. The standard InChI is InChI=1S/C14H19BrN2O/c1-3-14(4-2)7-9-17(10-14)13(18)11-6-5-8-16-12(11)15/h5-6,8H,3-4,7,9-10H2,1-2H3. The van der Waals surface area contributed by atoms with E-state index in [0.717, 1.165) is 32.4 Å². The highest BCUT2D eigenvalue weighted by Gasteiger charge is 2.37. The van der Waals surface area contributed by atoms with Crippen molar-refractivity contribution in [3.05, 3.63) is 28.5 Å². The summed E-state index contributed by atoms with van der Waals surface area (Å²) in [5.74, 6) is 0.0961. The Morgan fingerprint density at radius 2 is 2.22 bits per heavy atom. The van der Waals surface area contributed by atoms with Crippen LogP contribution in [-0.2, 0) is 0 Å². The van der Waals surface area contributed by atoms with Gasteiger partial charge in [-0.1, -0.05) is 13.8 Å². The third-order valence-electron chi connectivity index (χ3n) is 4.22. The van der Waals surface area contributed by atoms with Gasteiger partial charge in [0.05, 0.1) is 5.56 Å². The van der Waals surface area contributed by atoms with Gasteiger partial charge in [0.25, 0.3) is 5.91 Å². The van der Waals surface area contributed by atoms with Gasteiger partial charge in [0, 0.05) is 19.3 Å². The predicted molar refractivity (Wildman–Crippen MR) is 75.5 cm³/mol. The fraction of sp³-hybridized carbons (Fsp3) is 0.571. The fourth-order valence-electron chi connectivity index (χ4n) is 2.65. The van der Waals surface area contributed by atoms with Gasteiger partial charge in [-0.3, -0.25) is 4.79 Å². The highest BCUT2D eigenvalue weighted by Crippen LogP contribution is 2.37. The van der Waals surface area contributed by atoms with Crippen LogP contribution >= 0.6 is 15.9 Å². The number of pyridine rings is 1. The van der Waals surface area contributed by atoms with E-state index in [-0.39, 0.29) is 5.91 Å². The molecule has 0 spiro atoms. The number of amides is 1. The van der Waals surface area contributed by atoms with Crippen LogP contribution in [0.15, 0.2) is 22.9 Å². The molecule has 0 bridgehead atoms. The molecule has 0 aliphatic carbocycles. The molecule has 1 aliphatic heterocycles. The van der Waals surface area contributed by atoms with Gasteiger partial charge in [-0.15, -0.1) is 0 Å². The van der Waals surface area contributed by atoms with Crippen molar-refractivity contribution >= 4 is 21.8 Å². The Morgan fingerprint density at radius 1 is 1.50 bits per heavy atom. The number of nitrogens with zero attached hydrogens (tertiary/aromatic N) is 2. The van der Waals surface area contributed by atoms with Crippen LogP contribution in [0.25, 0.3) is 0 Å². The average Bonchev–Trinajstić information content (AvgIpc) is 2.84. The maximum atomic E-state index is 12.4. The molecule has 0 radical (unpaired) electrons. The van der Waals surface area contributed by atoms with Gasteiger partial charge in [-0.05, 0) is 52.7 Å². The Kier molecular flexibility index (Phi) is 4.05. The van der Waals surface area contributed by atoms with E-state index in [1.807, 2.05) is 11.0 Å². The van der Waals surface area contributed by atoms with Crippen molar-refractivity contribution in [2.45, 2.75) is 33.1 Å².